The summed E-state index contributed by atoms with van der Waals surface area (Å²) < 4.78 is 45.3. The number of unbranched alkanes of at least 4 members (excludes halogenated alkanes) is 14. The zero-order chi connectivity index (χ0) is 30.7. The highest BCUT2D eigenvalue weighted by Crippen LogP contribution is 2.46. The number of aliphatic hydroxyl groups excluding tert-OH is 1. The average molecular weight is 625 g/mol. The molecule has 0 unspecified atom stereocenters. The maximum atomic E-state index is 12.5. The fourth-order valence-electron chi connectivity index (χ4n) is 5.85. The van der Waals surface area contributed by atoms with Crippen molar-refractivity contribution in [2.75, 3.05) is 18.9 Å². The van der Waals surface area contributed by atoms with Crippen molar-refractivity contribution in [2.45, 2.75) is 134 Å². The lowest BCUT2D eigenvalue weighted by molar-refractivity contribution is -0.182. The molecule has 0 saturated carbocycles. The van der Waals surface area contributed by atoms with E-state index in [1.54, 1.807) is 4.57 Å². The number of hydrogen-bond donors (Lipinski definition) is 3. The van der Waals surface area contributed by atoms with Gasteiger partial charge in [0.15, 0.2) is 17.7 Å². The molecule has 242 valence electrons. The molecule has 2 fully saturated rings. The molecule has 1 amide bonds. The van der Waals surface area contributed by atoms with Crippen molar-refractivity contribution in [1.29, 1.82) is 0 Å². The van der Waals surface area contributed by atoms with Crippen molar-refractivity contribution in [2.24, 2.45) is 0 Å². The van der Waals surface area contributed by atoms with Crippen molar-refractivity contribution in [1.82, 2.24) is 24.2 Å². The third kappa shape index (κ3) is 9.07. The molecule has 4 rings (SSSR count). The third-order valence-electron chi connectivity index (χ3n) is 8.37. The number of fused-ring (bicyclic) bond motifs is 3. The molecule has 2 aliphatic rings. The van der Waals surface area contributed by atoms with Crippen LogP contribution in [0.5, 0.6) is 0 Å². The van der Waals surface area contributed by atoms with E-state index >= 15 is 0 Å². The van der Waals surface area contributed by atoms with E-state index in [0.717, 1.165) is 19.3 Å². The Labute approximate surface area is 254 Å². The van der Waals surface area contributed by atoms with E-state index < -0.39 is 46.9 Å². The normalized spacial score (nSPS) is 23.3. The maximum Gasteiger partial charge on any atom is 0.362 e. The molecule has 4 N–H and O–H groups in total. The Balaban J connectivity index is 1.08. The van der Waals surface area contributed by atoms with Gasteiger partial charge in [-0.25, -0.2) is 19.7 Å². The number of nitrogens with two attached hydrogens (primary N) is 1. The fourth-order valence-corrected chi connectivity index (χ4v) is 6.64. The molecule has 2 saturated heterocycles. The minimum absolute atomic E-state index is 0.0817. The van der Waals surface area contributed by atoms with Crippen molar-refractivity contribution >= 4 is 33.2 Å². The molecule has 43 heavy (non-hydrogen) atoms. The largest absolute Gasteiger partial charge is 0.387 e. The number of amides is 1. The lowest BCUT2D eigenvalue weighted by atomic mass is 10.0. The van der Waals surface area contributed by atoms with Gasteiger partial charge in [-0.1, -0.05) is 96.8 Å². The molecular formula is C29H48N6O7S. The second kappa shape index (κ2) is 16.1. The van der Waals surface area contributed by atoms with Crippen LogP contribution < -0.4 is 10.5 Å². The van der Waals surface area contributed by atoms with Gasteiger partial charge < -0.3 is 20.3 Å². The van der Waals surface area contributed by atoms with Gasteiger partial charge in [-0.3, -0.25) is 13.5 Å². The Bertz CT molecular complexity index is 1280. The topological polar surface area (TPSA) is 181 Å². The molecule has 0 spiro atoms. The van der Waals surface area contributed by atoms with Gasteiger partial charge in [0.1, 0.15) is 36.3 Å². The fraction of sp³-hybridized carbons (Fsp3) is 0.793. The van der Waals surface area contributed by atoms with Crippen molar-refractivity contribution < 1.29 is 32.0 Å². The third-order valence-corrected chi connectivity index (χ3v) is 9.28. The standard InChI is InChI=1S/C29H48N6O7S/c1-2-3-4-5-6-7-8-9-10-11-12-13-14-15-16-17-22(36)34-43(38,39)41-19-29-18-40-24(25(29)37)28(42-29)35-21-33-23-26(30)31-20-32-27(23)35/h20-21,24-25,28,37H,2-19H2,1H3,(H,34,36)(H2,30,31,32)/t24-,25+,28-,29-/m1/s1. The van der Waals surface area contributed by atoms with Crippen LogP contribution in [0.3, 0.4) is 0 Å². The number of nitrogens with one attached hydrogen (secondary N) is 1. The van der Waals surface area contributed by atoms with E-state index in [9.17, 15) is 18.3 Å². The number of aliphatic hydroxyl groups is 1. The number of nitrogens with zero attached hydrogens (tertiary/aromatic N) is 4. The van der Waals surface area contributed by atoms with Crippen LogP contribution in [0, 0.1) is 0 Å². The number of anilines is 1. The summed E-state index contributed by atoms with van der Waals surface area (Å²) in [5.41, 5.74) is 5.16. The van der Waals surface area contributed by atoms with Crippen molar-refractivity contribution in [3.8, 4) is 0 Å². The number of rotatable bonds is 21. The molecule has 2 aliphatic heterocycles. The first-order valence-electron chi connectivity index (χ1n) is 15.9. The van der Waals surface area contributed by atoms with E-state index in [4.69, 9.17) is 19.4 Å². The molecule has 2 bridgehead atoms. The molecule has 4 heterocycles. The van der Waals surface area contributed by atoms with Crippen LogP contribution in [0.4, 0.5) is 5.82 Å². The van der Waals surface area contributed by atoms with E-state index in [-0.39, 0.29) is 18.8 Å². The van der Waals surface area contributed by atoms with Gasteiger partial charge in [-0.15, -0.1) is 0 Å². The first kappa shape index (κ1) is 33.5. The van der Waals surface area contributed by atoms with Crippen LogP contribution in [-0.2, 0) is 28.8 Å². The van der Waals surface area contributed by atoms with Crippen LogP contribution in [-0.4, -0.2) is 70.0 Å². The molecule has 2 aromatic heterocycles. The highest BCUT2D eigenvalue weighted by Gasteiger charge is 2.62. The van der Waals surface area contributed by atoms with Gasteiger partial charge in [0, 0.05) is 6.42 Å². The van der Waals surface area contributed by atoms with Crippen molar-refractivity contribution in [3.63, 3.8) is 0 Å². The Hall–Kier alpha value is -2.39. The Morgan fingerprint density at radius 3 is 2.26 bits per heavy atom. The molecule has 0 aromatic carbocycles. The monoisotopic (exact) mass is 624 g/mol. The van der Waals surface area contributed by atoms with Gasteiger partial charge in [0.2, 0.25) is 5.91 Å². The predicted molar refractivity (Wildman–Crippen MR) is 161 cm³/mol. The predicted octanol–water partition coefficient (Wildman–Crippen LogP) is 4.07. The summed E-state index contributed by atoms with van der Waals surface area (Å²) in [7, 11) is -4.41. The number of aromatic nitrogens is 4. The zero-order valence-corrected chi connectivity index (χ0v) is 26.1. The first-order valence-corrected chi connectivity index (χ1v) is 17.3. The first-order chi connectivity index (χ1) is 20.8. The lowest BCUT2D eigenvalue weighted by Crippen LogP contribution is -2.47. The van der Waals surface area contributed by atoms with Crippen LogP contribution in [0.2, 0.25) is 0 Å². The number of ether oxygens (including phenoxy) is 2. The van der Waals surface area contributed by atoms with Gasteiger partial charge in [-0.2, -0.15) is 8.42 Å². The highest BCUT2D eigenvalue weighted by atomic mass is 32.2. The average Bonchev–Trinajstić information content (AvgIpc) is 3.63. The molecule has 0 aliphatic carbocycles. The van der Waals surface area contributed by atoms with E-state index in [2.05, 4.69) is 21.9 Å². The van der Waals surface area contributed by atoms with Gasteiger partial charge in [-0.05, 0) is 6.42 Å². The molecule has 0 radical (unpaired) electrons. The summed E-state index contributed by atoms with van der Waals surface area (Å²) >= 11 is 0. The lowest BCUT2D eigenvalue weighted by Gasteiger charge is -2.30. The number of hydrogen-bond acceptors (Lipinski definition) is 11. The van der Waals surface area contributed by atoms with Gasteiger partial charge >= 0.3 is 10.3 Å². The maximum absolute atomic E-state index is 12.5. The Morgan fingerprint density at radius 1 is 1.02 bits per heavy atom. The van der Waals surface area contributed by atoms with Crippen LogP contribution in [0.15, 0.2) is 12.7 Å². The zero-order valence-electron chi connectivity index (χ0n) is 25.3. The molecular weight excluding hydrogens is 576 g/mol. The summed E-state index contributed by atoms with van der Waals surface area (Å²) in [6.07, 6.45) is 18.2. The molecule has 13 nitrogen and oxygen atoms in total. The molecule has 2 aromatic rings. The second-order valence-electron chi connectivity index (χ2n) is 11.8. The summed E-state index contributed by atoms with van der Waals surface area (Å²) in [6.45, 7) is 1.63. The van der Waals surface area contributed by atoms with Crippen LogP contribution >= 0.6 is 0 Å². The summed E-state index contributed by atoms with van der Waals surface area (Å²) in [5, 5.41) is 10.9. The smallest absolute Gasteiger partial charge is 0.362 e. The number of carbonyl (C=O) groups excluding carboxylic acids is 1. The Kier molecular flexibility index (Phi) is 12.5. The van der Waals surface area contributed by atoms with E-state index in [1.165, 1.54) is 83.3 Å². The molecule has 14 heteroatoms. The summed E-state index contributed by atoms with van der Waals surface area (Å²) in [6, 6.07) is 0. The summed E-state index contributed by atoms with van der Waals surface area (Å²) in [5.74, 6) is -0.432. The number of carbonyl (C=O) groups is 1. The number of nitrogen functional groups attached to an aromatic ring is 1. The molecule has 4 atom stereocenters. The van der Waals surface area contributed by atoms with Crippen molar-refractivity contribution in [3.05, 3.63) is 12.7 Å². The Morgan fingerprint density at radius 2 is 1.63 bits per heavy atom. The SMILES string of the molecule is CCCCCCCCCCCCCCCCCC(=O)NS(=O)(=O)OC[C@@]12CO[C@@H]([C@H](n3cnc4c(N)ncnc43)O1)[C@@H]2O. The van der Waals surface area contributed by atoms with Gasteiger partial charge in [0.05, 0.1) is 12.9 Å². The highest BCUT2D eigenvalue weighted by molar-refractivity contribution is 7.85. The van der Waals surface area contributed by atoms with E-state index in [0.29, 0.717) is 17.6 Å². The quantitative estimate of drug-likeness (QED) is 0.170. The minimum atomic E-state index is -4.41. The number of imidazole rings is 1. The second-order valence-corrected chi connectivity index (χ2v) is 13.2. The van der Waals surface area contributed by atoms with E-state index in [1.807, 2.05) is 4.72 Å². The van der Waals surface area contributed by atoms with Crippen LogP contribution in [0.25, 0.3) is 11.2 Å². The van der Waals surface area contributed by atoms with Crippen LogP contribution in [0.1, 0.15) is 116 Å². The minimum Gasteiger partial charge on any atom is -0.387 e. The summed E-state index contributed by atoms with van der Waals surface area (Å²) in [4.78, 5) is 24.6. The van der Waals surface area contributed by atoms with Gasteiger partial charge in [0.25, 0.3) is 0 Å².